The summed E-state index contributed by atoms with van der Waals surface area (Å²) in [6.07, 6.45) is 11.1. The predicted octanol–water partition coefficient (Wildman–Crippen LogP) is 2.34. The molecule has 0 radical (unpaired) electrons. The molecule has 3 nitrogen and oxygen atoms in total. The summed E-state index contributed by atoms with van der Waals surface area (Å²) in [4.78, 5) is 4.04. The summed E-state index contributed by atoms with van der Waals surface area (Å²) in [7, 11) is 1.92. The van der Waals surface area contributed by atoms with Gasteiger partial charge in [0, 0.05) is 7.05 Å². The molecule has 15 heavy (non-hydrogen) atoms. The van der Waals surface area contributed by atoms with E-state index in [9.17, 15) is 5.11 Å². The molecule has 0 saturated heterocycles. The topological polar surface area (TPSA) is 38.0 Å². The lowest BCUT2D eigenvalue weighted by molar-refractivity contribution is 0.202. The summed E-state index contributed by atoms with van der Waals surface area (Å²) < 4.78 is 1.89. The fraction of sp³-hybridized carbons (Fsp3) is 0.583. The minimum Gasteiger partial charge on any atom is -0.382 e. The molecule has 0 saturated carbocycles. The molecule has 1 atom stereocenters. The maximum Gasteiger partial charge on any atom is 0.117 e. The molecule has 0 amide bonds. The zero-order valence-electron chi connectivity index (χ0n) is 9.19. The Labute approximate surface area is 90.5 Å². The summed E-state index contributed by atoms with van der Waals surface area (Å²) in [5.74, 6) is 0. The minimum atomic E-state index is -0.462. The molecular formula is C12H18N2O. The van der Waals surface area contributed by atoms with Crippen molar-refractivity contribution in [3.63, 3.8) is 0 Å². The van der Waals surface area contributed by atoms with Crippen molar-refractivity contribution in [2.75, 3.05) is 0 Å². The summed E-state index contributed by atoms with van der Waals surface area (Å²) in [6.45, 7) is 0. The number of hydrogen-bond acceptors (Lipinski definition) is 2. The molecule has 1 aromatic heterocycles. The van der Waals surface area contributed by atoms with Gasteiger partial charge in [-0.05, 0) is 31.3 Å². The van der Waals surface area contributed by atoms with Gasteiger partial charge in [-0.3, -0.25) is 0 Å². The number of aromatic nitrogens is 2. The molecular weight excluding hydrogens is 188 g/mol. The molecule has 0 fully saturated rings. The van der Waals surface area contributed by atoms with Crippen LogP contribution in [0.25, 0.3) is 0 Å². The third-order valence-corrected chi connectivity index (χ3v) is 3.06. The van der Waals surface area contributed by atoms with Crippen molar-refractivity contribution in [1.82, 2.24) is 9.55 Å². The molecule has 2 rings (SSSR count). The second kappa shape index (κ2) is 4.62. The zero-order chi connectivity index (χ0) is 10.7. The Kier molecular flexibility index (Phi) is 3.21. The maximum absolute atomic E-state index is 10.2. The number of allylic oxidation sites excluding steroid dienone is 1. The summed E-state index contributed by atoms with van der Waals surface area (Å²) >= 11 is 0. The van der Waals surface area contributed by atoms with Crippen molar-refractivity contribution in [2.24, 2.45) is 7.05 Å². The molecule has 1 unspecified atom stereocenters. The highest BCUT2D eigenvalue weighted by atomic mass is 16.3. The predicted molar refractivity (Wildman–Crippen MR) is 59.3 cm³/mol. The van der Waals surface area contributed by atoms with E-state index in [0.29, 0.717) is 0 Å². The van der Waals surface area contributed by atoms with Crippen molar-refractivity contribution in [2.45, 2.75) is 38.2 Å². The Balaban J connectivity index is 2.16. The van der Waals surface area contributed by atoms with Crippen LogP contribution in [0.1, 0.15) is 43.9 Å². The molecule has 82 valence electrons. The number of hydrogen-bond donors (Lipinski definition) is 1. The standard InChI is InChI=1S/C12H18N2O/c1-14-9-13-8-11(14)12(15)10-6-4-2-3-5-7-10/h6,8-9,12,15H,2-5,7H2,1H3. The van der Waals surface area contributed by atoms with Crippen LogP contribution in [-0.4, -0.2) is 14.7 Å². The molecule has 1 aliphatic rings. The first-order valence-corrected chi connectivity index (χ1v) is 5.62. The van der Waals surface area contributed by atoms with Crippen LogP contribution in [-0.2, 0) is 7.05 Å². The molecule has 1 aliphatic carbocycles. The van der Waals surface area contributed by atoms with Gasteiger partial charge in [0.15, 0.2) is 0 Å². The molecule has 3 heteroatoms. The van der Waals surface area contributed by atoms with Crippen molar-refractivity contribution in [3.05, 3.63) is 29.9 Å². The Hall–Kier alpha value is -1.09. The van der Waals surface area contributed by atoms with Crippen LogP contribution >= 0.6 is 0 Å². The lowest BCUT2D eigenvalue weighted by Gasteiger charge is -2.14. The van der Waals surface area contributed by atoms with E-state index in [2.05, 4.69) is 11.1 Å². The second-order valence-electron chi connectivity index (χ2n) is 4.21. The zero-order valence-corrected chi connectivity index (χ0v) is 9.19. The molecule has 1 heterocycles. The summed E-state index contributed by atoms with van der Waals surface area (Å²) in [5.41, 5.74) is 2.05. The largest absolute Gasteiger partial charge is 0.382 e. The maximum atomic E-state index is 10.2. The Morgan fingerprint density at radius 1 is 1.40 bits per heavy atom. The highest BCUT2D eigenvalue weighted by Gasteiger charge is 2.17. The number of rotatable bonds is 2. The van der Waals surface area contributed by atoms with Gasteiger partial charge in [0.05, 0.1) is 18.2 Å². The highest BCUT2D eigenvalue weighted by molar-refractivity contribution is 5.19. The van der Waals surface area contributed by atoms with E-state index in [-0.39, 0.29) is 0 Å². The average Bonchev–Trinajstić information content (AvgIpc) is 2.53. The summed E-state index contributed by atoms with van der Waals surface area (Å²) in [6, 6.07) is 0. The third-order valence-electron chi connectivity index (χ3n) is 3.06. The first-order chi connectivity index (χ1) is 7.29. The fourth-order valence-corrected chi connectivity index (χ4v) is 2.11. The van der Waals surface area contributed by atoms with Gasteiger partial charge >= 0.3 is 0 Å². The van der Waals surface area contributed by atoms with Gasteiger partial charge in [-0.15, -0.1) is 0 Å². The van der Waals surface area contributed by atoms with E-state index in [1.165, 1.54) is 19.3 Å². The Morgan fingerprint density at radius 3 is 3.00 bits per heavy atom. The number of aliphatic hydroxyl groups is 1. The monoisotopic (exact) mass is 206 g/mol. The molecule has 0 bridgehead atoms. The van der Waals surface area contributed by atoms with Crippen LogP contribution in [0.2, 0.25) is 0 Å². The van der Waals surface area contributed by atoms with Crippen LogP contribution in [0.5, 0.6) is 0 Å². The van der Waals surface area contributed by atoms with E-state index in [1.807, 2.05) is 11.6 Å². The average molecular weight is 206 g/mol. The van der Waals surface area contributed by atoms with Crippen LogP contribution in [0.4, 0.5) is 0 Å². The van der Waals surface area contributed by atoms with Crippen LogP contribution in [0.15, 0.2) is 24.2 Å². The van der Waals surface area contributed by atoms with Gasteiger partial charge in [-0.25, -0.2) is 4.98 Å². The van der Waals surface area contributed by atoms with E-state index in [0.717, 1.165) is 24.1 Å². The quantitative estimate of drug-likeness (QED) is 0.754. The number of aliphatic hydroxyl groups excluding tert-OH is 1. The van der Waals surface area contributed by atoms with Crippen LogP contribution in [0.3, 0.4) is 0 Å². The van der Waals surface area contributed by atoms with Gasteiger partial charge in [0.25, 0.3) is 0 Å². The normalized spacial score (nSPS) is 19.5. The SMILES string of the molecule is Cn1cncc1C(O)C1=CCCCCC1. The third kappa shape index (κ3) is 2.29. The van der Waals surface area contributed by atoms with E-state index < -0.39 is 6.10 Å². The fourth-order valence-electron chi connectivity index (χ4n) is 2.11. The highest BCUT2D eigenvalue weighted by Crippen LogP contribution is 2.28. The second-order valence-corrected chi connectivity index (χ2v) is 4.21. The molecule has 0 aromatic carbocycles. The Bertz CT molecular complexity index is 354. The van der Waals surface area contributed by atoms with E-state index in [1.54, 1.807) is 12.5 Å². The van der Waals surface area contributed by atoms with Crippen LogP contribution < -0.4 is 0 Å². The van der Waals surface area contributed by atoms with Gasteiger partial charge in [-0.2, -0.15) is 0 Å². The van der Waals surface area contributed by atoms with Crippen molar-refractivity contribution in [3.8, 4) is 0 Å². The van der Waals surface area contributed by atoms with Crippen molar-refractivity contribution < 1.29 is 5.11 Å². The molecule has 0 spiro atoms. The molecule has 1 aromatic rings. The first-order valence-electron chi connectivity index (χ1n) is 5.62. The number of imidazole rings is 1. The first kappa shape index (κ1) is 10.4. The van der Waals surface area contributed by atoms with E-state index in [4.69, 9.17) is 0 Å². The Morgan fingerprint density at radius 2 is 2.27 bits per heavy atom. The summed E-state index contributed by atoms with van der Waals surface area (Å²) in [5, 5.41) is 10.2. The molecule has 1 N–H and O–H groups in total. The van der Waals surface area contributed by atoms with E-state index >= 15 is 0 Å². The molecule has 0 aliphatic heterocycles. The van der Waals surface area contributed by atoms with Gasteiger partial charge in [0.2, 0.25) is 0 Å². The number of aryl methyl sites for hydroxylation is 1. The lowest BCUT2D eigenvalue weighted by atomic mass is 10.0. The smallest absolute Gasteiger partial charge is 0.117 e. The van der Waals surface area contributed by atoms with Gasteiger partial charge in [0.1, 0.15) is 6.10 Å². The van der Waals surface area contributed by atoms with Gasteiger partial charge < -0.3 is 9.67 Å². The minimum absolute atomic E-state index is 0.462. The lowest BCUT2D eigenvalue weighted by Crippen LogP contribution is -2.06. The number of nitrogens with zero attached hydrogens (tertiary/aromatic N) is 2. The van der Waals surface area contributed by atoms with Crippen molar-refractivity contribution >= 4 is 0 Å². The van der Waals surface area contributed by atoms with Crippen molar-refractivity contribution in [1.29, 1.82) is 0 Å². The van der Waals surface area contributed by atoms with Crippen LogP contribution in [0, 0.1) is 0 Å². The van der Waals surface area contributed by atoms with Gasteiger partial charge in [-0.1, -0.05) is 12.5 Å².